The Labute approximate surface area is 171 Å². The van der Waals surface area contributed by atoms with Gasteiger partial charge in [0.15, 0.2) is 0 Å². The summed E-state index contributed by atoms with van der Waals surface area (Å²) < 4.78 is 5.79. The van der Waals surface area contributed by atoms with Gasteiger partial charge in [0.2, 0.25) is 0 Å². The maximum atomic E-state index is 12.7. The molecular weight excluding hydrogens is 362 g/mol. The maximum Gasteiger partial charge on any atom is 0.257 e. The van der Waals surface area contributed by atoms with Crippen molar-refractivity contribution in [1.29, 1.82) is 0 Å². The average molecular weight is 387 g/mol. The van der Waals surface area contributed by atoms with Crippen molar-refractivity contribution in [1.82, 2.24) is 4.98 Å². The summed E-state index contributed by atoms with van der Waals surface area (Å²) in [6.45, 7) is 4.29. The highest BCUT2D eigenvalue weighted by atomic mass is 16.5. The lowest BCUT2D eigenvalue weighted by molar-refractivity contribution is 0.102. The number of pyridine rings is 1. The molecule has 29 heavy (non-hydrogen) atoms. The smallest absolute Gasteiger partial charge is 0.257 e. The lowest BCUT2D eigenvalue weighted by Gasteiger charge is -2.32. The van der Waals surface area contributed by atoms with Gasteiger partial charge < -0.3 is 15.0 Å². The van der Waals surface area contributed by atoms with Crippen molar-refractivity contribution >= 4 is 17.3 Å². The number of rotatable bonds is 5. The number of amides is 1. The summed E-state index contributed by atoms with van der Waals surface area (Å²) in [6, 6.07) is 18.9. The minimum absolute atomic E-state index is 0.166. The Hall–Kier alpha value is -3.34. The number of hydrogen-bond acceptors (Lipinski definition) is 4. The third-order valence-electron chi connectivity index (χ3n) is 5.10. The van der Waals surface area contributed by atoms with Crippen LogP contribution >= 0.6 is 0 Å². The van der Waals surface area contributed by atoms with E-state index in [4.69, 9.17) is 4.74 Å². The molecule has 5 heteroatoms. The van der Waals surface area contributed by atoms with Crippen molar-refractivity contribution in [2.45, 2.75) is 19.8 Å². The van der Waals surface area contributed by atoms with Gasteiger partial charge in [0.1, 0.15) is 11.5 Å². The zero-order valence-corrected chi connectivity index (χ0v) is 16.5. The van der Waals surface area contributed by atoms with E-state index in [1.165, 1.54) is 12.8 Å². The summed E-state index contributed by atoms with van der Waals surface area (Å²) >= 11 is 0. The van der Waals surface area contributed by atoms with Crippen LogP contribution in [0.2, 0.25) is 0 Å². The molecule has 1 atom stereocenters. The molecule has 3 aromatic rings. The number of anilines is 2. The van der Waals surface area contributed by atoms with Crippen molar-refractivity contribution in [2.24, 2.45) is 5.92 Å². The number of aromatic nitrogens is 1. The predicted octanol–water partition coefficient (Wildman–Crippen LogP) is 5.36. The molecule has 148 valence electrons. The standard InChI is InChI=1S/C24H25N3O2/c1-18-6-5-13-27(17-18)21-14-19(15-25-16-21)24(28)26-20-9-11-23(12-10-20)29-22-7-3-2-4-8-22/h2-4,7-12,14-16,18H,5-6,13,17H2,1H3,(H,26,28). The van der Waals surface area contributed by atoms with Crippen LogP contribution in [-0.4, -0.2) is 24.0 Å². The molecule has 5 nitrogen and oxygen atoms in total. The lowest BCUT2D eigenvalue weighted by Crippen LogP contribution is -2.34. The van der Waals surface area contributed by atoms with Gasteiger partial charge in [0, 0.05) is 25.0 Å². The molecule has 0 aliphatic carbocycles. The molecule has 4 rings (SSSR count). The van der Waals surface area contributed by atoms with Crippen LogP contribution < -0.4 is 15.0 Å². The summed E-state index contributed by atoms with van der Waals surface area (Å²) in [6.07, 6.45) is 5.88. The van der Waals surface area contributed by atoms with Crippen LogP contribution in [0.3, 0.4) is 0 Å². The second-order valence-electron chi connectivity index (χ2n) is 7.52. The molecule has 1 saturated heterocycles. The minimum atomic E-state index is -0.166. The molecule has 0 spiro atoms. The SMILES string of the molecule is CC1CCCN(c2cncc(C(=O)Nc3ccc(Oc4ccccc4)cc3)c2)C1. The van der Waals surface area contributed by atoms with Gasteiger partial charge in [-0.2, -0.15) is 0 Å². The van der Waals surface area contributed by atoms with Crippen molar-refractivity contribution in [3.63, 3.8) is 0 Å². The number of carbonyl (C=O) groups excluding carboxylic acids is 1. The highest BCUT2D eigenvalue weighted by Gasteiger charge is 2.18. The molecule has 1 aliphatic rings. The average Bonchev–Trinajstić information content (AvgIpc) is 2.76. The predicted molar refractivity (Wildman–Crippen MR) is 116 cm³/mol. The number of ether oxygens (including phenoxy) is 1. The van der Waals surface area contributed by atoms with Gasteiger partial charge in [-0.15, -0.1) is 0 Å². The first kappa shape index (κ1) is 19.0. The van der Waals surface area contributed by atoms with E-state index < -0.39 is 0 Å². The maximum absolute atomic E-state index is 12.7. The summed E-state index contributed by atoms with van der Waals surface area (Å²) in [5.41, 5.74) is 2.29. The zero-order chi connectivity index (χ0) is 20.1. The second kappa shape index (κ2) is 8.78. The number of carbonyl (C=O) groups is 1. The number of hydrogen-bond donors (Lipinski definition) is 1. The van der Waals surface area contributed by atoms with E-state index >= 15 is 0 Å². The van der Waals surface area contributed by atoms with E-state index in [1.807, 2.05) is 66.9 Å². The molecule has 1 aromatic heterocycles. The first-order valence-corrected chi connectivity index (χ1v) is 10.0. The van der Waals surface area contributed by atoms with Gasteiger partial charge in [0.25, 0.3) is 5.91 Å². The highest BCUT2D eigenvalue weighted by molar-refractivity contribution is 6.04. The molecule has 1 fully saturated rings. The van der Waals surface area contributed by atoms with E-state index in [-0.39, 0.29) is 5.91 Å². The lowest BCUT2D eigenvalue weighted by atomic mass is 10.00. The molecule has 1 amide bonds. The van der Waals surface area contributed by atoms with E-state index in [0.29, 0.717) is 17.2 Å². The fraction of sp³-hybridized carbons (Fsp3) is 0.250. The van der Waals surface area contributed by atoms with Crippen LogP contribution in [0.4, 0.5) is 11.4 Å². The molecule has 0 bridgehead atoms. The Morgan fingerprint density at radius 3 is 2.59 bits per heavy atom. The molecule has 0 radical (unpaired) electrons. The summed E-state index contributed by atoms with van der Waals surface area (Å²) in [7, 11) is 0. The molecule has 1 aliphatic heterocycles. The van der Waals surface area contributed by atoms with Crippen molar-refractivity contribution < 1.29 is 9.53 Å². The summed E-state index contributed by atoms with van der Waals surface area (Å²) in [5, 5.41) is 2.94. The Bertz CT molecular complexity index is 957. The van der Waals surface area contributed by atoms with E-state index in [9.17, 15) is 4.79 Å². The fourth-order valence-electron chi connectivity index (χ4n) is 3.58. The van der Waals surface area contributed by atoms with Crippen LogP contribution in [0.5, 0.6) is 11.5 Å². The van der Waals surface area contributed by atoms with Crippen molar-refractivity contribution in [3.05, 3.63) is 78.6 Å². The Morgan fingerprint density at radius 2 is 1.83 bits per heavy atom. The van der Waals surface area contributed by atoms with E-state index in [1.54, 1.807) is 6.20 Å². The van der Waals surface area contributed by atoms with Crippen LogP contribution in [-0.2, 0) is 0 Å². The summed E-state index contributed by atoms with van der Waals surface area (Å²) in [5.74, 6) is 2.00. The van der Waals surface area contributed by atoms with Crippen LogP contribution in [0, 0.1) is 5.92 Å². The molecular formula is C24H25N3O2. The Kier molecular flexibility index (Phi) is 5.75. The molecule has 1 unspecified atom stereocenters. The number of nitrogens with one attached hydrogen (secondary N) is 1. The number of benzene rings is 2. The first-order chi connectivity index (χ1) is 14.2. The van der Waals surface area contributed by atoms with Crippen LogP contribution in [0.15, 0.2) is 73.1 Å². The normalized spacial score (nSPS) is 16.3. The van der Waals surface area contributed by atoms with Crippen molar-refractivity contribution in [3.8, 4) is 11.5 Å². The third kappa shape index (κ3) is 4.93. The number of para-hydroxylation sites is 1. The van der Waals surface area contributed by atoms with Crippen molar-refractivity contribution in [2.75, 3.05) is 23.3 Å². The Balaban J connectivity index is 1.41. The van der Waals surface area contributed by atoms with Gasteiger partial charge in [-0.05, 0) is 61.2 Å². The quantitative estimate of drug-likeness (QED) is 0.640. The zero-order valence-electron chi connectivity index (χ0n) is 16.5. The molecule has 0 saturated carbocycles. The van der Waals surface area contributed by atoms with Gasteiger partial charge in [-0.3, -0.25) is 9.78 Å². The van der Waals surface area contributed by atoms with Crippen LogP contribution in [0.1, 0.15) is 30.1 Å². The topological polar surface area (TPSA) is 54.5 Å². The number of nitrogens with zero attached hydrogens (tertiary/aromatic N) is 2. The van der Waals surface area contributed by atoms with Gasteiger partial charge >= 0.3 is 0 Å². The Morgan fingerprint density at radius 1 is 1.07 bits per heavy atom. The van der Waals surface area contributed by atoms with E-state index in [0.717, 1.165) is 30.3 Å². The monoisotopic (exact) mass is 387 g/mol. The third-order valence-corrected chi connectivity index (χ3v) is 5.10. The highest BCUT2D eigenvalue weighted by Crippen LogP contribution is 2.25. The van der Waals surface area contributed by atoms with Gasteiger partial charge in [-0.25, -0.2) is 0 Å². The molecule has 2 heterocycles. The summed E-state index contributed by atoms with van der Waals surface area (Å²) in [4.78, 5) is 19.3. The van der Waals surface area contributed by atoms with Crippen LogP contribution in [0.25, 0.3) is 0 Å². The number of piperidine rings is 1. The molecule has 2 aromatic carbocycles. The first-order valence-electron chi connectivity index (χ1n) is 10.0. The minimum Gasteiger partial charge on any atom is -0.457 e. The van der Waals surface area contributed by atoms with Gasteiger partial charge in [0.05, 0.1) is 17.4 Å². The fourth-order valence-corrected chi connectivity index (χ4v) is 3.58. The largest absolute Gasteiger partial charge is 0.457 e. The second-order valence-corrected chi connectivity index (χ2v) is 7.52. The van der Waals surface area contributed by atoms with Gasteiger partial charge in [-0.1, -0.05) is 25.1 Å². The van der Waals surface area contributed by atoms with E-state index in [2.05, 4.69) is 22.1 Å². The molecule has 1 N–H and O–H groups in total.